The topological polar surface area (TPSA) is 111 Å². The first kappa shape index (κ1) is 113. The zero-order valence-electron chi connectivity index (χ0n) is 87.0. The predicted molar refractivity (Wildman–Crippen MR) is 592 cm³/mol. The second kappa shape index (κ2) is 70.6. The molecular weight excluding hydrogens is 1780 g/mol. The molecule has 143 heavy (non-hydrogen) atoms. The van der Waals surface area contributed by atoms with E-state index in [9.17, 15) is 4.39 Å². The first-order chi connectivity index (χ1) is 70.5. The summed E-state index contributed by atoms with van der Waals surface area (Å²) in [6, 6.07) is 92.3. The van der Waals surface area contributed by atoms with E-state index in [2.05, 4.69) is 180 Å². The fourth-order valence-corrected chi connectivity index (χ4v) is 16.6. The van der Waals surface area contributed by atoms with E-state index in [4.69, 9.17) is 56.8 Å². The van der Waals surface area contributed by atoms with E-state index in [0.29, 0.717) is 37.6 Å². The number of ether oxygens (including phenoxy) is 12. The Kier molecular flexibility index (Phi) is 55.8. The molecule has 0 amide bonds. The highest BCUT2D eigenvalue weighted by atomic mass is 19.1. The summed E-state index contributed by atoms with van der Waals surface area (Å²) < 4.78 is 100. The van der Waals surface area contributed by atoms with Gasteiger partial charge in [-0.15, -0.1) is 0 Å². The van der Waals surface area contributed by atoms with Crippen molar-refractivity contribution < 1.29 is 65.6 Å². The van der Waals surface area contributed by atoms with E-state index in [1.54, 1.807) is 19.2 Å². The lowest BCUT2D eigenvalue weighted by molar-refractivity contribution is 0.184. The van der Waals surface area contributed by atoms with E-state index < -0.39 is 0 Å². The summed E-state index contributed by atoms with van der Waals surface area (Å²) in [6.45, 7) is 19.8. The molecule has 766 valence electrons. The van der Waals surface area contributed by atoms with Crippen molar-refractivity contribution in [3.05, 3.63) is 307 Å². The summed E-state index contributed by atoms with van der Waals surface area (Å²) >= 11 is 0. The molecule has 12 aromatic rings. The summed E-state index contributed by atoms with van der Waals surface area (Å²) in [4.78, 5) is 0. The summed E-state index contributed by atoms with van der Waals surface area (Å²) in [5.41, 5.74) is 12.7. The Balaban J connectivity index is 0.000000221. The van der Waals surface area contributed by atoms with Crippen LogP contribution in [0.25, 0.3) is 67.8 Å². The molecule has 0 fully saturated rings. The maximum Gasteiger partial charge on any atom is 0.131 e. The third kappa shape index (κ3) is 46.1. The highest BCUT2D eigenvalue weighted by Crippen LogP contribution is 2.34. The molecule has 0 aliphatic heterocycles. The Hall–Kier alpha value is -12.0. The van der Waals surface area contributed by atoms with Crippen LogP contribution in [0.2, 0.25) is 0 Å². The number of methoxy groups -OCH3 is 1. The van der Waals surface area contributed by atoms with Crippen LogP contribution in [-0.4, -0.2) is 86.4 Å². The first-order valence-corrected chi connectivity index (χ1v) is 54.2. The van der Waals surface area contributed by atoms with Crippen LogP contribution in [0.3, 0.4) is 0 Å². The van der Waals surface area contributed by atoms with Crippen LogP contribution in [0, 0.1) is 11.6 Å². The first-order valence-electron chi connectivity index (χ1n) is 54.2. The van der Waals surface area contributed by atoms with E-state index in [0.717, 1.165) is 259 Å². The maximum atomic E-state index is 15.3. The molecule has 12 rings (SSSR count). The zero-order valence-corrected chi connectivity index (χ0v) is 87.0. The normalized spacial score (nSPS) is 11.0. The van der Waals surface area contributed by atoms with Crippen molar-refractivity contribution in [3.8, 4) is 119 Å². The number of hydrogen-bond acceptors (Lipinski definition) is 12. The average molecular weight is 1940 g/mol. The predicted octanol–water partition coefficient (Wildman–Crippen LogP) is 36.4. The minimum Gasteiger partial charge on any atom is -0.494 e. The summed E-state index contributed by atoms with van der Waals surface area (Å²) in [5, 5.41) is 0. The Morgan fingerprint density at radius 2 is 0.364 bits per heavy atom. The van der Waals surface area contributed by atoms with E-state index in [1.165, 1.54) is 161 Å². The second-order valence-electron chi connectivity index (χ2n) is 37.2. The van der Waals surface area contributed by atoms with Gasteiger partial charge < -0.3 is 56.8 Å². The van der Waals surface area contributed by atoms with Crippen LogP contribution >= 0.6 is 0 Å². The molecule has 0 aromatic heterocycles. The summed E-state index contributed by atoms with van der Waals surface area (Å²) in [7, 11) is 1.73. The van der Waals surface area contributed by atoms with Crippen molar-refractivity contribution in [2.75, 3.05) is 86.4 Å². The highest BCUT2D eigenvalue weighted by Gasteiger charge is 2.14. The molecule has 0 radical (unpaired) electrons. The fourth-order valence-electron chi connectivity index (χ4n) is 16.6. The minimum absolute atomic E-state index is 0.242. The number of unbranched alkanes of at least 4 members (excludes halogenated alkanes) is 27. The lowest BCUT2D eigenvalue weighted by Gasteiger charge is -2.10. The molecule has 0 aliphatic rings. The third-order valence-corrected chi connectivity index (χ3v) is 25.3. The number of aryl methyl sites for hydroxylation is 1. The van der Waals surface area contributed by atoms with Crippen molar-refractivity contribution in [2.24, 2.45) is 0 Å². The van der Waals surface area contributed by atoms with Crippen molar-refractivity contribution in [3.63, 3.8) is 0 Å². The van der Waals surface area contributed by atoms with Crippen LogP contribution in [0.5, 0.6) is 63.2 Å². The van der Waals surface area contributed by atoms with Gasteiger partial charge in [0.05, 0.1) is 72.7 Å². The fraction of sp³-hybridized carbons (Fsp3) is 0.426. The standard InChI is InChI=1S/C46H58F2O.C43H56O6.C40H50O5/c1-3-5-7-9-10-11-12-13-14-15-17-19-40-28-29-42(36-45(40)47)44-33-30-41(35-46(44)48)39-26-22-37(23-27-39)20-21-38-24-31-43(32-25-38)49-34-18-16-8-6-4-2;1-3-5-9-30-44-38-18-14-36(15-19-38)37-16-20-39(21-17-37)46-32-11-7-8-12-33-47-41-24-28-43(29-25-41)49-35-13-34-48-42-26-22-40(23-27-42)45-31-10-6-4-2;1-3-4-7-29-42-37-20-12-33(13-21-37)34-14-22-38(23-15-34)43-30-8-5-6-9-31-44-39-24-16-35(17-25-39)36-18-26-40(27-19-36)45-32-11-10-28-41-2/h20-33,35-36H,3-19,34H2,1-2H3;14-29H,3-13,30-35H2,1-2H3;12-27H,3-11,28-32H2,1-2H3. The molecule has 0 atom stereocenters. The molecular formula is C129H164F2O12. The minimum atomic E-state index is -0.345. The van der Waals surface area contributed by atoms with E-state index in [1.807, 2.05) is 127 Å². The number of hydrogen-bond donors (Lipinski definition) is 0. The molecule has 0 heterocycles. The molecule has 12 aromatic carbocycles. The lowest BCUT2D eigenvalue weighted by atomic mass is 9.97. The molecule has 0 unspecified atom stereocenters. The van der Waals surface area contributed by atoms with Crippen LogP contribution < -0.4 is 52.1 Å². The van der Waals surface area contributed by atoms with Gasteiger partial charge >= 0.3 is 0 Å². The monoisotopic (exact) mass is 1940 g/mol. The Bertz CT molecular complexity index is 5280. The lowest BCUT2D eigenvalue weighted by Crippen LogP contribution is -2.05. The Morgan fingerprint density at radius 1 is 0.175 bits per heavy atom. The van der Waals surface area contributed by atoms with Gasteiger partial charge in [0.15, 0.2) is 0 Å². The van der Waals surface area contributed by atoms with Crippen molar-refractivity contribution >= 4 is 12.2 Å². The van der Waals surface area contributed by atoms with Crippen LogP contribution in [0.15, 0.2) is 279 Å². The SMILES string of the molecule is CCCCCCCCCCCCCc1ccc(-c2ccc(-c3ccc(C=Cc4ccc(OCCCCCCC)cc4)cc3)cc2F)cc1F.CCCCCOc1ccc(-c2ccc(OCCCCCCOc3ccc(-c4ccc(OCCCCOC)cc4)cc3)cc2)cc1.CCCCCOc1ccc(OCCCOc2ccc(OCCCCCCOc3ccc(-c4ccc(OCCCCC)cc4)cc3)cc2)cc1. The van der Waals surface area contributed by atoms with Crippen LogP contribution in [-0.2, 0) is 11.2 Å². The van der Waals surface area contributed by atoms with Gasteiger partial charge in [0, 0.05) is 25.7 Å². The van der Waals surface area contributed by atoms with Gasteiger partial charge in [-0.25, -0.2) is 8.78 Å². The van der Waals surface area contributed by atoms with Gasteiger partial charge in [-0.05, 0) is 315 Å². The van der Waals surface area contributed by atoms with Gasteiger partial charge in [-0.2, -0.15) is 0 Å². The van der Waals surface area contributed by atoms with Crippen molar-refractivity contribution in [1.29, 1.82) is 0 Å². The van der Waals surface area contributed by atoms with Gasteiger partial charge in [-0.3, -0.25) is 0 Å². The zero-order chi connectivity index (χ0) is 100. The van der Waals surface area contributed by atoms with Gasteiger partial charge in [0.25, 0.3) is 0 Å². The number of rotatable bonds is 71. The highest BCUT2D eigenvalue weighted by molar-refractivity contribution is 5.75. The quantitative estimate of drug-likeness (QED) is 0.0267. The van der Waals surface area contributed by atoms with E-state index >= 15 is 4.39 Å². The molecule has 0 N–H and O–H groups in total. The Labute approximate surface area is 857 Å². The molecule has 0 saturated heterocycles. The average Bonchev–Trinajstić information content (AvgIpc) is 0.795. The smallest absolute Gasteiger partial charge is 0.131 e. The molecule has 0 aliphatic carbocycles. The van der Waals surface area contributed by atoms with E-state index in [-0.39, 0.29) is 11.6 Å². The molecule has 0 spiro atoms. The van der Waals surface area contributed by atoms with Crippen LogP contribution in [0.1, 0.15) is 282 Å². The second-order valence-corrected chi connectivity index (χ2v) is 37.2. The number of halogens is 2. The summed E-state index contributed by atoms with van der Waals surface area (Å²) in [6.07, 6.45) is 47.0. The largest absolute Gasteiger partial charge is 0.494 e. The van der Waals surface area contributed by atoms with Crippen molar-refractivity contribution in [2.45, 2.75) is 272 Å². The maximum absolute atomic E-state index is 15.3. The molecule has 0 bridgehead atoms. The van der Waals surface area contributed by atoms with Gasteiger partial charge in [0.2, 0.25) is 0 Å². The molecule has 14 heteroatoms. The Morgan fingerprint density at radius 3 is 0.636 bits per heavy atom. The molecule has 0 saturated carbocycles. The summed E-state index contributed by atoms with van der Waals surface area (Å²) in [5.74, 6) is 9.27. The van der Waals surface area contributed by atoms with Crippen molar-refractivity contribution in [1.82, 2.24) is 0 Å². The molecule has 12 nitrogen and oxygen atoms in total. The van der Waals surface area contributed by atoms with Crippen LogP contribution in [0.4, 0.5) is 8.78 Å². The van der Waals surface area contributed by atoms with Gasteiger partial charge in [-0.1, -0.05) is 309 Å². The third-order valence-electron chi connectivity index (χ3n) is 25.3. The number of benzene rings is 12. The van der Waals surface area contributed by atoms with Gasteiger partial charge in [0.1, 0.15) is 74.9 Å².